The largest absolute Gasteiger partial charge is 0.481 e. The molecule has 2 saturated carbocycles. The van der Waals surface area contributed by atoms with Crippen LogP contribution in [-0.4, -0.2) is 42.3 Å². The summed E-state index contributed by atoms with van der Waals surface area (Å²) >= 11 is 0. The van der Waals surface area contributed by atoms with Crippen molar-refractivity contribution in [3.05, 3.63) is 59.7 Å². The molecule has 2 amide bonds. The van der Waals surface area contributed by atoms with Gasteiger partial charge in [0.05, 0.1) is 11.3 Å². The number of hydrogen-bond acceptors (Lipinski definition) is 4. The number of aliphatic carboxylic acids is 1. The smallest absolute Gasteiger partial charge is 0.407 e. The molecule has 0 aromatic heterocycles. The summed E-state index contributed by atoms with van der Waals surface area (Å²) in [5.74, 6) is -1.08. The Morgan fingerprint density at radius 1 is 1.06 bits per heavy atom. The van der Waals surface area contributed by atoms with Crippen LogP contribution >= 0.6 is 0 Å². The number of carbonyl (C=O) groups is 3. The Morgan fingerprint density at radius 3 is 2.35 bits per heavy atom. The Labute approximate surface area is 198 Å². The minimum atomic E-state index is -0.857. The number of nitrogens with one attached hydrogen (secondary N) is 2. The van der Waals surface area contributed by atoms with Gasteiger partial charge in [0.2, 0.25) is 5.91 Å². The van der Waals surface area contributed by atoms with Crippen LogP contribution in [-0.2, 0) is 14.3 Å². The summed E-state index contributed by atoms with van der Waals surface area (Å²) < 4.78 is 5.65. The van der Waals surface area contributed by atoms with Crippen molar-refractivity contribution in [2.45, 2.75) is 44.6 Å². The van der Waals surface area contributed by atoms with Crippen LogP contribution in [0.25, 0.3) is 11.1 Å². The molecule has 34 heavy (non-hydrogen) atoms. The highest BCUT2D eigenvalue weighted by atomic mass is 16.5. The van der Waals surface area contributed by atoms with Gasteiger partial charge in [-0.05, 0) is 53.9 Å². The lowest BCUT2D eigenvalue weighted by molar-refractivity contribution is -0.141. The van der Waals surface area contributed by atoms with E-state index in [1.807, 2.05) is 24.3 Å². The maximum absolute atomic E-state index is 12.7. The van der Waals surface area contributed by atoms with Crippen molar-refractivity contribution in [3.63, 3.8) is 0 Å². The number of amides is 2. The number of alkyl carbamates (subject to hydrolysis) is 1. The first kappa shape index (κ1) is 22.4. The Morgan fingerprint density at radius 2 is 1.71 bits per heavy atom. The van der Waals surface area contributed by atoms with Crippen molar-refractivity contribution in [2.75, 3.05) is 13.2 Å². The van der Waals surface area contributed by atoms with Crippen LogP contribution in [0.4, 0.5) is 4.79 Å². The summed E-state index contributed by atoms with van der Waals surface area (Å²) in [6, 6.07) is 16.4. The molecule has 2 aromatic carbocycles. The quantitative estimate of drug-likeness (QED) is 0.552. The van der Waals surface area contributed by atoms with Gasteiger partial charge < -0.3 is 20.5 Å². The fourth-order valence-electron chi connectivity index (χ4n) is 5.80. The number of fused-ring (bicyclic) bond motifs is 4. The highest BCUT2D eigenvalue weighted by Gasteiger charge is 2.65. The van der Waals surface area contributed by atoms with Gasteiger partial charge in [0.15, 0.2) is 0 Å². The summed E-state index contributed by atoms with van der Waals surface area (Å²) in [5.41, 5.74) is 4.30. The molecule has 3 N–H and O–H groups in total. The van der Waals surface area contributed by atoms with Gasteiger partial charge in [-0.2, -0.15) is 0 Å². The fraction of sp³-hybridized carbons (Fsp3) is 0.444. The van der Waals surface area contributed by atoms with E-state index in [1.165, 1.54) is 22.3 Å². The monoisotopic (exact) mass is 462 g/mol. The molecule has 1 unspecified atom stereocenters. The van der Waals surface area contributed by atoms with Crippen molar-refractivity contribution in [1.82, 2.24) is 10.6 Å². The maximum atomic E-state index is 12.7. The molecular weight excluding hydrogens is 432 g/mol. The van der Waals surface area contributed by atoms with E-state index in [0.29, 0.717) is 19.4 Å². The Bertz CT molecular complexity index is 1090. The molecule has 0 saturated heterocycles. The van der Waals surface area contributed by atoms with E-state index < -0.39 is 23.4 Å². The molecule has 2 fully saturated rings. The van der Waals surface area contributed by atoms with Crippen molar-refractivity contribution in [3.8, 4) is 11.1 Å². The van der Waals surface area contributed by atoms with Gasteiger partial charge in [0.25, 0.3) is 0 Å². The Hall–Kier alpha value is -3.35. The number of ether oxygens (including phenoxy) is 1. The molecule has 7 nitrogen and oxygen atoms in total. The molecule has 2 aromatic rings. The standard InChI is InChI=1S/C27H30N2O5/c1-16(24(30)31)10-11-28-25(32)27-13-17(27)12-18(14-27)29-26(33)34-15-23-21-8-4-2-6-19(21)20-7-3-5-9-22(20)23/h2-9,16-18,23H,10-15H2,1H3,(H,28,32)(H,29,33)(H,30,31)/t16?,17-,18+,27+/m1/s1. The molecule has 5 rings (SSSR count). The first-order chi connectivity index (χ1) is 16.4. The van der Waals surface area contributed by atoms with Gasteiger partial charge in [-0.3, -0.25) is 9.59 Å². The summed E-state index contributed by atoms with van der Waals surface area (Å²) in [7, 11) is 0. The lowest BCUT2D eigenvalue weighted by Crippen LogP contribution is -2.38. The van der Waals surface area contributed by atoms with E-state index in [-0.39, 0.29) is 30.4 Å². The van der Waals surface area contributed by atoms with E-state index in [1.54, 1.807) is 6.92 Å². The summed E-state index contributed by atoms with van der Waals surface area (Å²) in [6.07, 6.45) is 2.16. The third-order valence-electron chi connectivity index (χ3n) is 7.81. The molecule has 7 heteroatoms. The predicted molar refractivity (Wildman–Crippen MR) is 126 cm³/mol. The SMILES string of the molecule is CC(CCNC(=O)[C@@]12C[C@@H](NC(=O)OCC3c4ccccc4-c4ccccc43)C[C@@H]1C2)C(=O)O. The lowest BCUT2D eigenvalue weighted by atomic mass is 9.98. The Balaban J connectivity index is 1.12. The van der Waals surface area contributed by atoms with E-state index >= 15 is 0 Å². The van der Waals surface area contributed by atoms with Crippen molar-refractivity contribution in [2.24, 2.45) is 17.3 Å². The van der Waals surface area contributed by atoms with Crippen molar-refractivity contribution >= 4 is 18.0 Å². The summed E-state index contributed by atoms with van der Waals surface area (Å²) in [5, 5.41) is 14.8. The molecule has 0 radical (unpaired) electrons. The minimum absolute atomic E-state index is 0.0143. The number of benzene rings is 2. The molecule has 0 spiro atoms. The molecule has 3 aliphatic carbocycles. The second kappa shape index (κ2) is 8.78. The minimum Gasteiger partial charge on any atom is -0.481 e. The number of carboxylic acid groups (broad SMARTS) is 1. The highest BCUT2D eigenvalue weighted by molar-refractivity contribution is 5.87. The predicted octanol–water partition coefficient (Wildman–Crippen LogP) is 3.92. The van der Waals surface area contributed by atoms with Gasteiger partial charge in [0.1, 0.15) is 6.61 Å². The van der Waals surface area contributed by atoms with Crippen LogP contribution in [0.3, 0.4) is 0 Å². The van der Waals surface area contributed by atoms with Crippen molar-refractivity contribution in [1.29, 1.82) is 0 Å². The van der Waals surface area contributed by atoms with Gasteiger partial charge in [-0.1, -0.05) is 55.5 Å². The van der Waals surface area contributed by atoms with E-state index in [0.717, 1.165) is 12.8 Å². The van der Waals surface area contributed by atoms with Crippen LogP contribution < -0.4 is 10.6 Å². The van der Waals surface area contributed by atoms with E-state index in [2.05, 4.69) is 34.9 Å². The molecule has 3 aliphatic rings. The molecule has 0 bridgehead atoms. The number of hydrogen-bond donors (Lipinski definition) is 3. The van der Waals surface area contributed by atoms with Gasteiger partial charge >= 0.3 is 12.1 Å². The average molecular weight is 463 g/mol. The van der Waals surface area contributed by atoms with Gasteiger partial charge in [0, 0.05) is 18.5 Å². The molecule has 0 aliphatic heterocycles. The number of carboxylic acids is 1. The first-order valence-corrected chi connectivity index (χ1v) is 12.0. The summed E-state index contributed by atoms with van der Waals surface area (Å²) in [4.78, 5) is 36.3. The van der Waals surface area contributed by atoms with Gasteiger partial charge in [-0.15, -0.1) is 0 Å². The second-order valence-corrected chi connectivity index (χ2v) is 9.95. The zero-order chi connectivity index (χ0) is 23.9. The van der Waals surface area contributed by atoms with Crippen LogP contribution in [0.15, 0.2) is 48.5 Å². The third-order valence-corrected chi connectivity index (χ3v) is 7.81. The normalized spacial score (nSPS) is 25.0. The lowest BCUT2D eigenvalue weighted by Gasteiger charge is -2.19. The van der Waals surface area contributed by atoms with E-state index in [9.17, 15) is 14.4 Å². The topological polar surface area (TPSA) is 105 Å². The first-order valence-electron chi connectivity index (χ1n) is 12.0. The zero-order valence-corrected chi connectivity index (χ0v) is 19.3. The Kier molecular flexibility index (Phi) is 5.80. The van der Waals surface area contributed by atoms with Crippen LogP contribution in [0, 0.1) is 17.3 Å². The molecule has 0 heterocycles. The van der Waals surface area contributed by atoms with Crippen molar-refractivity contribution < 1.29 is 24.2 Å². The second-order valence-electron chi connectivity index (χ2n) is 9.95. The summed E-state index contributed by atoms with van der Waals surface area (Å²) in [6.45, 7) is 2.26. The van der Waals surface area contributed by atoms with E-state index in [4.69, 9.17) is 9.84 Å². The third kappa shape index (κ3) is 4.04. The van der Waals surface area contributed by atoms with Crippen LogP contribution in [0.5, 0.6) is 0 Å². The molecule has 4 atom stereocenters. The van der Waals surface area contributed by atoms with Crippen LogP contribution in [0.2, 0.25) is 0 Å². The molecular formula is C27H30N2O5. The fourth-order valence-corrected chi connectivity index (χ4v) is 5.80. The maximum Gasteiger partial charge on any atom is 0.407 e. The van der Waals surface area contributed by atoms with Gasteiger partial charge in [-0.25, -0.2) is 4.79 Å². The average Bonchev–Trinajstić information content (AvgIpc) is 3.26. The number of carbonyl (C=O) groups excluding carboxylic acids is 2. The molecule has 178 valence electrons. The van der Waals surface area contributed by atoms with Crippen LogP contribution in [0.1, 0.15) is 49.7 Å². The zero-order valence-electron chi connectivity index (χ0n) is 19.3. The highest BCUT2D eigenvalue weighted by Crippen LogP contribution is 2.63. The number of rotatable bonds is 8.